The van der Waals surface area contributed by atoms with Crippen molar-refractivity contribution in [1.29, 1.82) is 0 Å². The second kappa shape index (κ2) is 14.7. The van der Waals surface area contributed by atoms with Crippen molar-refractivity contribution in [2.24, 2.45) is 50.1 Å². The van der Waals surface area contributed by atoms with Gasteiger partial charge < -0.3 is 17.3 Å². The van der Waals surface area contributed by atoms with E-state index in [0.29, 0.717) is 25.7 Å². The summed E-state index contributed by atoms with van der Waals surface area (Å²) < 4.78 is 3.74. The first-order chi connectivity index (χ1) is 17.2. The maximum absolute atomic E-state index is 9.42. The van der Waals surface area contributed by atoms with Crippen molar-refractivity contribution in [3.8, 4) is 0 Å². The summed E-state index contributed by atoms with van der Waals surface area (Å²) in [6, 6.07) is 0. The van der Waals surface area contributed by atoms with E-state index in [9.17, 15) is 5.11 Å². The molecule has 3 fully saturated rings. The average molecular weight is 787 g/mol. The zero-order valence-corrected chi connectivity index (χ0v) is 28.5. The van der Waals surface area contributed by atoms with Crippen molar-refractivity contribution < 1.29 is 5.11 Å². The van der Waals surface area contributed by atoms with E-state index < -0.39 is 0 Å². The van der Waals surface area contributed by atoms with Gasteiger partial charge in [-0.3, -0.25) is 4.99 Å². The van der Waals surface area contributed by atoms with Gasteiger partial charge >= 0.3 is 0 Å². The molecule has 7 heteroatoms. The van der Waals surface area contributed by atoms with Gasteiger partial charge in [-0.1, -0.05) is 47.3 Å². The third-order valence-corrected chi connectivity index (χ3v) is 11.2. The predicted molar refractivity (Wildman–Crippen MR) is 162 cm³/mol. The van der Waals surface area contributed by atoms with Gasteiger partial charge in [-0.2, -0.15) is 12.8 Å². The standard InChI is InChI=1S/C20H31.C7H14NOP.C3H8N2S.Es/c1-14-7-3-4-9-16-17-11-10-15-8-5-6-12-20(15,2)19(17)13-18(14)16;1-5-3-6(9)7(10-2)8-4-5;1-3(4)5-6-2;/h3,15-17,19H,4-13H2,1-2H3;5-6,9-10H,3-4H2,1-2H3;1-2H3,(H2,4,5);/q-1;;;/t;5-,6?;;/m.0../s1. The van der Waals surface area contributed by atoms with Crippen LogP contribution in [0.25, 0.3) is 0 Å². The number of aliphatic hydroxyl groups excluding tert-OH is 1. The molecule has 0 aromatic carbocycles. The number of hydrogen-bond donors (Lipinski definition) is 2. The van der Waals surface area contributed by atoms with E-state index in [-0.39, 0.29) is 6.10 Å². The van der Waals surface area contributed by atoms with Crippen molar-refractivity contribution >= 4 is 31.8 Å². The summed E-state index contributed by atoms with van der Waals surface area (Å²) in [5.74, 6) is 5.31. The summed E-state index contributed by atoms with van der Waals surface area (Å²) in [6.45, 7) is 12.0. The first-order valence-corrected chi connectivity index (χ1v) is 17.1. The molecule has 7 unspecified atom stereocenters. The molecule has 0 aromatic rings. The van der Waals surface area contributed by atoms with E-state index in [1.807, 2.05) is 11.8 Å². The van der Waals surface area contributed by atoms with Gasteiger partial charge in [0.15, 0.2) is 0 Å². The smallest absolute Gasteiger partial charge is 0.104 e. The molecule has 5 rings (SSSR count). The monoisotopic (exact) mass is 786 g/mol. The Morgan fingerprint density at radius 2 is 2.00 bits per heavy atom. The van der Waals surface area contributed by atoms with Gasteiger partial charge in [0.05, 0.1) is 11.6 Å². The quantitative estimate of drug-likeness (QED) is 0.0755. The Hall–Kier alpha value is -1.38. The summed E-state index contributed by atoms with van der Waals surface area (Å²) in [5.41, 5.74) is 10.5. The van der Waals surface area contributed by atoms with Crippen molar-refractivity contribution in [2.45, 2.75) is 104 Å². The number of aliphatic imine (C=N–C) groups is 1. The van der Waals surface area contributed by atoms with Gasteiger partial charge in [-0.25, -0.2) is 4.40 Å². The Balaban J connectivity index is 0.000000239. The third kappa shape index (κ3) is 7.82. The van der Waals surface area contributed by atoms with Crippen LogP contribution in [0.5, 0.6) is 0 Å². The van der Waals surface area contributed by atoms with Crippen molar-refractivity contribution in [1.82, 2.24) is 0 Å². The molecular formula is C30H53EsN3OPS-. The first-order valence-electron chi connectivity index (χ1n) is 14.4. The summed E-state index contributed by atoms with van der Waals surface area (Å²) in [7, 11) is 0.677. The largest absolute Gasteiger partial charge is 0.387 e. The second-order valence-electron chi connectivity index (χ2n) is 12.2. The molecule has 8 atom stereocenters. The van der Waals surface area contributed by atoms with Crippen LogP contribution in [-0.2, 0) is 0 Å². The molecule has 5 aliphatic rings. The van der Waals surface area contributed by atoms with Gasteiger partial charge in [0.1, 0.15) is 5.84 Å². The zero-order valence-electron chi connectivity index (χ0n) is 24.2. The van der Waals surface area contributed by atoms with Crippen molar-refractivity contribution in [3.05, 3.63) is 17.6 Å². The Bertz CT molecular complexity index is 815. The second-order valence-corrected chi connectivity index (χ2v) is 13.8. The van der Waals surface area contributed by atoms with Crippen molar-refractivity contribution in [2.75, 3.05) is 19.5 Å². The van der Waals surface area contributed by atoms with Crippen LogP contribution in [0.1, 0.15) is 98.3 Å². The minimum absolute atomic E-state index is 0. The van der Waals surface area contributed by atoms with Crippen LogP contribution in [0, 0.1) is 41.4 Å². The van der Waals surface area contributed by atoms with E-state index in [1.165, 1.54) is 63.3 Å². The Morgan fingerprint density at radius 3 is 2.62 bits per heavy atom. The molecule has 1 heterocycles. The van der Waals surface area contributed by atoms with E-state index in [1.54, 1.807) is 25.3 Å². The molecule has 4 aliphatic carbocycles. The maximum Gasteiger partial charge on any atom is 0.104 e. The zero-order chi connectivity index (χ0) is 26.3. The molecule has 0 saturated heterocycles. The molecule has 3 saturated carbocycles. The first kappa shape index (κ1) is 31.8. The van der Waals surface area contributed by atoms with E-state index >= 15 is 0 Å². The van der Waals surface area contributed by atoms with E-state index in [0.717, 1.165) is 42.1 Å². The van der Waals surface area contributed by atoms with Crippen LogP contribution in [-0.4, -0.2) is 42.0 Å². The fourth-order valence-electron chi connectivity index (χ4n) is 7.93. The average Bonchev–Trinajstić information content (AvgIpc) is 3.12. The van der Waals surface area contributed by atoms with Crippen LogP contribution in [0.3, 0.4) is 0 Å². The minimum Gasteiger partial charge on any atom is -0.387 e. The summed E-state index contributed by atoms with van der Waals surface area (Å²) in [5, 5.41) is 9.42. The fraction of sp³-hybridized carbons (Fsp3) is 0.833. The Labute approximate surface area is 228 Å². The van der Waals surface area contributed by atoms with Gasteiger partial charge in [0.2, 0.25) is 0 Å². The predicted octanol–water partition coefficient (Wildman–Crippen LogP) is 7.67. The van der Waals surface area contributed by atoms with Crippen LogP contribution in [0.4, 0.5) is 0 Å². The Morgan fingerprint density at radius 1 is 1.24 bits per heavy atom. The molecule has 0 bridgehead atoms. The number of rotatable bonds is 2. The molecule has 1 aliphatic heterocycles. The molecule has 0 amide bonds. The summed E-state index contributed by atoms with van der Waals surface area (Å²) in [6.07, 6.45) is 19.9. The summed E-state index contributed by atoms with van der Waals surface area (Å²) in [4.78, 5) is 4.29. The van der Waals surface area contributed by atoms with E-state index in [2.05, 4.69) is 43.2 Å². The molecule has 217 valence electrons. The molecule has 3 N–H and O–H groups in total. The van der Waals surface area contributed by atoms with Crippen LogP contribution < -0.4 is 5.73 Å². The Kier molecular flexibility index (Phi) is 12.6. The number of nitrogens with two attached hydrogens (primary N) is 1. The number of allylic oxidation sites excluding steroid dienone is 2. The molecule has 1 radical (unpaired) electrons. The van der Waals surface area contributed by atoms with Gasteiger partial charge in [-0.05, 0) is 106 Å². The number of hydrogen-bond acceptors (Lipinski definition) is 4. The van der Waals surface area contributed by atoms with Gasteiger partial charge in [-0.15, -0.1) is 5.57 Å². The molecule has 0 aromatic heterocycles. The van der Waals surface area contributed by atoms with Gasteiger partial charge in [0, 0.05) is 12.8 Å². The maximum atomic E-state index is 9.42. The normalized spacial score (nSPS) is 37.5. The third-order valence-electron chi connectivity index (χ3n) is 9.75. The number of fused-ring (bicyclic) bond motifs is 5. The number of aliphatic hydroxyl groups is 1. The topological polar surface area (TPSA) is 71.0 Å². The number of nitrogens with zero attached hydrogens (tertiary/aromatic N) is 2. The fourth-order valence-corrected chi connectivity index (χ4v) is 8.92. The molecule has 0 spiro atoms. The van der Waals surface area contributed by atoms with Crippen LogP contribution in [0.15, 0.2) is 20.5 Å². The number of amidine groups is 1. The van der Waals surface area contributed by atoms with Gasteiger partial charge in [0.25, 0.3) is 0 Å². The SMILES string of the molecule is CC1=C2CC3C(CCC4CCCCC43C)C2CC[CH-]C1.CPC1=NC[C@@H](C)CC1O.CS/N=C(\C)N.[Es]. The van der Waals surface area contributed by atoms with Crippen LogP contribution in [0.2, 0.25) is 0 Å². The molecule has 37 heavy (non-hydrogen) atoms. The van der Waals surface area contributed by atoms with E-state index in [4.69, 9.17) is 5.73 Å². The molecule has 4 nitrogen and oxygen atoms in total. The minimum atomic E-state index is -0.243. The molecular weight excluding hydrogens is 733 g/mol. The van der Waals surface area contributed by atoms with Crippen LogP contribution >= 0.6 is 20.5 Å². The van der Waals surface area contributed by atoms with Crippen molar-refractivity contribution in [3.63, 3.8) is 0 Å². The summed E-state index contributed by atoms with van der Waals surface area (Å²) >= 11 is 1.37.